The van der Waals surface area contributed by atoms with Gasteiger partial charge in [0.15, 0.2) is 21.4 Å². The maximum absolute atomic E-state index is 11.3. The average molecular weight is 266 g/mol. The van der Waals surface area contributed by atoms with E-state index in [0.29, 0.717) is 5.56 Å². The lowest BCUT2D eigenvalue weighted by Crippen LogP contribution is -2.01. The van der Waals surface area contributed by atoms with Crippen LogP contribution in [0.1, 0.15) is 11.3 Å². The highest BCUT2D eigenvalue weighted by molar-refractivity contribution is 7.89. The van der Waals surface area contributed by atoms with Crippen molar-refractivity contribution < 1.29 is 12.9 Å². The van der Waals surface area contributed by atoms with Crippen molar-refractivity contribution in [2.75, 3.05) is 12.0 Å². The van der Waals surface area contributed by atoms with E-state index in [1.54, 1.807) is 0 Å². The van der Waals surface area contributed by atoms with E-state index in [-0.39, 0.29) is 17.3 Å². The van der Waals surface area contributed by atoms with Crippen molar-refractivity contribution in [1.82, 2.24) is 5.16 Å². The summed E-state index contributed by atoms with van der Waals surface area (Å²) in [6, 6.07) is 7.55. The first kappa shape index (κ1) is 12.6. The molecular weight excluding hydrogens is 252 g/mol. The summed E-state index contributed by atoms with van der Waals surface area (Å²) in [6.45, 7) is 1.92. The van der Waals surface area contributed by atoms with E-state index in [2.05, 4.69) is 5.16 Å². The van der Waals surface area contributed by atoms with Crippen LogP contribution in [0.25, 0.3) is 11.1 Å². The van der Waals surface area contributed by atoms with E-state index in [1.165, 1.54) is 0 Å². The number of anilines is 1. The van der Waals surface area contributed by atoms with Gasteiger partial charge in [0.1, 0.15) is 5.75 Å². The van der Waals surface area contributed by atoms with Crippen LogP contribution in [0.15, 0.2) is 28.8 Å². The zero-order valence-corrected chi connectivity index (χ0v) is 11.0. The number of aromatic nitrogens is 1. The number of nitrogens with two attached hydrogens (primary N) is 1. The third kappa shape index (κ3) is 2.53. The predicted octanol–water partition coefficient (Wildman–Crippen LogP) is 1.78. The molecule has 96 valence electrons. The molecule has 6 heteroatoms. The third-order valence-electron chi connectivity index (χ3n) is 2.60. The highest BCUT2D eigenvalue weighted by Crippen LogP contribution is 2.32. The summed E-state index contributed by atoms with van der Waals surface area (Å²) in [5.41, 5.74) is 8.16. The van der Waals surface area contributed by atoms with Gasteiger partial charge in [-0.25, -0.2) is 8.42 Å². The largest absolute Gasteiger partial charge is 0.380 e. The quantitative estimate of drug-likeness (QED) is 0.915. The summed E-state index contributed by atoms with van der Waals surface area (Å²) < 4.78 is 27.7. The van der Waals surface area contributed by atoms with Gasteiger partial charge in [0, 0.05) is 6.26 Å². The summed E-state index contributed by atoms with van der Waals surface area (Å²) in [4.78, 5) is 0. The van der Waals surface area contributed by atoms with Crippen molar-refractivity contribution >= 4 is 15.7 Å². The van der Waals surface area contributed by atoms with Gasteiger partial charge in [-0.1, -0.05) is 29.4 Å². The lowest BCUT2D eigenvalue weighted by molar-refractivity contribution is 0.396. The number of hydrogen-bond acceptors (Lipinski definition) is 5. The lowest BCUT2D eigenvalue weighted by Gasteiger charge is -2.05. The van der Waals surface area contributed by atoms with E-state index >= 15 is 0 Å². The summed E-state index contributed by atoms with van der Waals surface area (Å²) in [5.74, 6) is 0.285. The first-order valence-electron chi connectivity index (χ1n) is 5.36. The molecule has 0 fully saturated rings. The second kappa shape index (κ2) is 4.45. The maximum Gasteiger partial charge on any atom is 0.175 e. The van der Waals surface area contributed by atoms with E-state index in [4.69, 9.17) is 10.3 Å². The fraction of sp³-hybridized carbons (Fsp3) is 0.250. The monoisotopic (exact) mass is 266 g/mol. The molecule has 0 spiro atoms. The van der Waals surface area contributed by atoms with Crippen LogP contribution in [0.4, 0.5) is 5.82 Å². The molecule has 0 aliphatic rings. The molecule has 0 saturated heterocycles. The summed E-state index contributed by atoms with van der Waals surface area (Å²) >= 11 is 0. The van der Waals surface area contributed by atoms with Gasteiger partial charge >= 0.3 is 0 Å². The van der Waals surface area contributed by atoms with Crippen molar-refractivity contribution in [3.63, 3.8) is 0 Å². The highest BCUT2D eigenvalue weighted by Gasteiger charge is 2.20. The Hall–Kier alpha value is -1.82. The highest BCUT2D eigenvalue weighted by atomic mass is 32.2. The Morgan fingerprint density at radius 2 is 2.00 bits per heavy atom. The second-order valence-corrected chi connectivity index (χ2v) is 6.39. The van der Waals surface area contributed by atoms with Gasteiger partial charge in [0.25, 0.3) is 0 Å². The van der Waals surface area contributed by atoms with Gasteiger partial charge in [-0.05, 0) is 18.1 Å². The molecular formula is C12H14N2O3S. The first-order valence-corrected chi connectivity index (χ1v) is 7.42. The first-order chi connectivity index (χ1) is 8.38. The number of sulfone groups is 1. The van der Waals surface area contributed by atoms with Gasteiger partial charge in [0.05, 0.1) is 5.56 Å². The van der Waals surface area contributed by atoms with E-state index in [0.717, 1.165) is 17.4 Å². The molecule has 1 heterocycles. The SMILES string of the molecule is Cc1ccccc1-c1c(N)noc1CS(C)(=O)=O. The van der Waals surface area contributed by atoms with Gasteiger partial charge in [0.2, 0.25) is 0 Å². The van der Waals surface area contributed by atoms with Gasteiger partial charge in [-0.15, -0.1) is 0 Å². The molecule has 0 aliphatic heterocycles. The zero-order valence-electron chi connectivity index (χ0n) is 10.2. The van der Waals surface area contributed by atoms with Gasteiger partial charge in [-0.2, -0.15) is 0 Å². The number of benzene rings is 1. The zero-order chi connectivity index (χ0) is 13.3. The number of aryl methyl sites for hydroxylation is 1. The van der Waals surface area contributed by atoms with Crippen LogP contribution in [0.2, 0.25) is 0 Å². The Kier molecular flexibility index (Phi) is 3.13. The van der Waals surface area contributed by atoms with Gasteiger partial charge in [-0.3, -0.25) is 0 Å². The van der Waals surface area contributed by atoms with Crippen molar-refractivity contribution in [3.05, 3.63) is 35.6 Å². The fourth-order valence-corrected chi connectivity index (χ4v) is 2.49. The van der Waals surface area contributed by atoms with E-state index < -0.39 is 9.84 Å². The molecule has 2 rings (SSSR count). The van der Waals surface area contributed by atoms with Crippen LogP contribution in [0.5, 0.6) is 0 Å². The Bertz CT molecular complexity index is 674. The van der Waals surface area contributed by atoms with Crippen molar-refractivity contribution in [2.45, 2.75) is 12.7 Å². The predicted molar refractivity (Wildman–Crippen MR) is 69.6 cm³/mol. The molecule has 2 aromatic rings. The molecule has 1 aromatic carbocycles. The van der Waals surface area contributed by atoms with E-state index in [9.17, 15) is 8.42 Å². The molecule has 0 radical (unpaired) electrons. The Morgan fingerprint density at radius 1 is 1.33 bits per heavy atom. The molecule has 0 amide bonds. The molecule has 0 saturated carbocycles. The van der Waals surface area contributed by atoms with Crippen LogP contribution in [-0.2, 0) is 15.6 Å². The molecule has 18 heavy (non-hydrogen) atoms. The Balaban J connectivity index is 2.58. The molecule has 0 unspecified atom stereocenters. The smallest absolute Gasteiger partial charge is 0.175 e. The minimum atomic E-state index is -3.20. The van der Waals surface area contributed by atoms with Crippen LogP contribution in [0, 0.1) is 6.92 Å². The third-order valence-corrected chi connectivity index (χ3v) is 3.38. The minimum Gasteiger partial charge on any atom is -0.380 e. The number of nitrogens with zero attached hydrogens (tertiary/aromatic N) is 1. The summed E-state index contributed by atoms with van der Waals surface area (Å²) in [7, 11) is -3.20. The number of hydrogen-bond donors (Lipinski definition) is 1. The van der Waals surface area contributed by atoms with E-state index in [1.807, 2.05) is 31.2 Å². The Labute approximate surface area is 106 Å². The molecule has 0 aliphatic carbocycles. The lowest BCUT2D eigenvalue weighted by atomic mass is 10.0. The van der Waals surface area contributed by atoms with Crippen molar-refractivity contribution in [3.8, 4) is 11.1 Å². The van der Waals surface area contributed by atoms with Crippen LogP contribution in [0.3, 0.4) is 0 Å². The Morgan fingerprint density at radius 3 is 2.61 bits per heavy atom. The number of nitrogen functional groups attached to an aromatic ring is 1. The number of rotatable bonds is 3. The molecule has 5 nitrogen and oxygen atoms in total. The topological polar surface area (TPSA) is 86.2 Å². The minimum absolute atomic E-state index is 0.207. The molecule has 0 bridgehead atoms. The summed E-state index contributed by atoms with van der Waals surface area (Å²) in [5, 5.41) is 3.66. The van der Waals surface area contributed by atoms with Crippen LogP contribution in [-0.4, -0.2) is 19.8 Å². The van der Waals surface area contributed by atoms with Crippen molar-refractivity contribution in [1.29, 1.82) is 0 Å². The van der Waals surface area contributed by atoms with Gasteiger partial charge < -0.3 is 10.3 Å². The van der Waals surface area contributed by atoms with Crippen LogP contribution >= 0.6 is 0 Å². The molecule has 2 N–H and O–H groups in total. The summed E-state index contributed by atoms with van der Waals surface area (Å²) in [6.07, 6.45) is 1.15. The fourth-order valence-electron chi connectivity index (χ4n) is 1.82. The molecule has 0 atom stereocenters. The average Bonchev–Trinajstić information content (AvgIpc) is 2.59. The second-order valence-electron chi connectivity index (χ2n) is 4.25. The normalized spacial score (nSPS) is 11.7. The van der Waals surface area contributed by atoms with Crippen molar-refractivity contribution in [2.24, 2.45) is 0 Å². The maximum atomic E-state index is 11.3. The van der Waals surface area contributed by atoms with Crippen LogP contribution < -0.4 is 5.73 Å². The molecule has 1 aromatic heterocycles. The standard InChI is InChI=1S/C12H14N2O3S/c1-8-5-3-4-6-9(8)11-10(7-18(2,15)16)17-14-12(11)13/h3-6H,7H2,1-2H3,(H2,13,14).